The van der Waals surface area contributed by atoms with Crippen molar-refractivity contribution in [1.82, 2.24) is 10.9 Å². The van der Waals surface area contributed by atoms with Gasteiger partial charge in [-0.25, -0.2) is 0 Å². The summed E-state index contributed by atoms with van der Waals surface area (Å²) in [6.07, 6.45) is 0. The number of hydrazine groups is 1. The number of amides is 2. The van der Waals surface area contributed by atoms with Gasteiger partial charge in [-0.2, -0.15) is 0 Å². The zero-order chi connectivity index (χ0) is 19.9. The van der Waals surface area contributed by atoms with Crippen molar-refractivity contribution < 1.29 is 14.3 Å². The number of nitrogens with one attached hydrogen (secondary N) is 2. The molecule has 3 aromatic carbocycles. The molecule has 2 amide bonds. The first-order chi connectivity index (χ1) is 13.5. The van der Waals surface area contributed by atoms with E-state index in [1.807, 2.05) is 36.4 Å². The maximum absolute atomic E-state index is 12.1. The van der Waals surface area contributed by atoms with Gasteiger partial charge in [-0.1, -0.05) is 60.1 Å². The van der Waals surface area contributed by atoms with Gasteiger partial charge < -0.3 is 4.74 Å². The summed E-state index contributed by atoms with van der Waals surface area (Å²) in [6, 6.07) is 22.0. The van der Waals surface area contributed by atoms with Crippen LogP contribution in [0.4, 0.5) is 0 Å². The van der Waals surface area contributed by atoms with Gasteiger partial charge in [-0.05, 0) is 51.3 Å². The molecule has 0 heterocycles. The van der Waals surface area contributed by atoms with Crippen LogP contribution in [0.5, 0.6) is 5.75 Å². The van der Waals surface area contributed by atoms with Crippen molar-refractivity contribution in [2.75, 3.05) is 6.61 Å². The number of carbonyl (C=O) groups is 2. The van der Waals surface area contributed by atoms with E-state index in [-0.39, 0.29) is 6.61 Å². The monoisotopic (exact) mass is 458 g/mol. The van der Waals surface area contributed by atoms with Crippen LogP contribution >= 0.6 is 27.5 Å². The Bertz CT molecular complexity index is 996. The minimum absolute atomic E-state index is 0.291. The molecule has 3 aromatic rings. The number of rotatable bonds is 5. The van der Waals surface area contributed by atoms with Gasteiger partial charge >= 0.3 is 0 Å². The predicted molar refractivity (Wildman–Crippen MR) is 112 cm³/mol. The summed E-state index contributed by atoms with van der Waals surface area (Å²) in [4.78, 5) is 24.0. The fourth-order valence-corrected chi connectivity index (χ4v) is 3.15. The molecule has 0 saturated carbocycles. The molecule has 0 saturated heterocycles. The first kappa shape index (κ1) is 19.9. The highest BCUT2D eigenvalue weighted by molar-refractivity contribution is 9.10. The molecule has 0 radical (unpaired) electrons. The van der Waals surface area contributed by atoms with Crippen molar-refractivity contribution in [2.24, 2.45) is 0 Å². The van der Waals surface area contributed by atoms with Crippen LogP contribution < -0.4 is 15.6 Å². The molecule has 0 atom stereocenters. The van der Waals surface area contributed by atoms with E-state index in [9.17, 15) is 9.59 Å². The van der Waals surface area contributed by atoms with Crippen molar-refractivity contribution in [3.63, 3.8) is 0 Å². The van der Waals surface area contributed by atoms with Gasteiger partial charge in [0.2, 0.25) is 0 Å². The molecule has 0 unspecified atom stereocenters. The number of hydrogen-bond donors (Lipinski definition) is 2. The summed E-state index contributed by atoms with van der Waals surface area (Å²) in [7, 11) is 0. The second-order valence-corrected chi connectivity index (χ2v) is 7.04. The number of hydrogen-bond acceptors (Lipinski definition) is 3. The summed E-state index contributed by atoms with van der Waals surface area (Å²) in [5.74, 6) is -0.566. The van der Waals surface area contributed by atoms with Crippen molar-refractivity contribution in [2.45, 2.75) is 0 Å². The number of halogens is 2. The van der Waals surface area contributed by atoms with Crippen LogP contribution in [0.3, 0.4) is 0 Å². The first-order valence-corrected chi connectivity index (χ1v) is 9.53. The zero-order valence-corrected chi connectivity index (χ0v) is 17.0. The van der Waals surface area contributed by atoms with E-state index in [2.05, 4.69) is 26.8 Å². The zero-order valence-electron chi connectivity index (χ0n) is 14.6. The molecule has 0 fully saturated rings. The molecular weight excluding hydrogens is 444 g/mol. The largest absolute Gasteiger partial charge is 0.482 e. The summed E-state index contributed by atoms with van der Waals surface area (Å²) >= 11 is 9.54. The van der Waals surface area contributed by atoms with Crippen LogP contribution in [-0.4, -0.2) is 18.4 Å². The molecule has 0 bridgehead atoms. The SMILES string of the molecule is O=C(COc1ccc(-c2ccccc2)cc1Cl)NNC(=O)c1ccccc1Br. The molecule has 0 aliphatic rings. The van der Waals surface area contributed by atoms with Crippen LogP contribution in [0.25, 0.3) is 11.1 Å². The Morgan fingerprint density at radius 3 is 2.32 bits per heavy atom. The fraction of sp³-hybridized carbons (Fsp3) is 0.0476. The van der Waals surface area contributed by atoms with Gasteiger partial charge in [0.1, 0.15) is 5.75 Å². The van der Waals surface area contributed by atoms with Gasteiger partial charge in [0.25, 0.3) is 11.8 Å². The smallest absolute Gasteiger partial charge is 0.276 e. The summed E-state index contributed by atoms with van der Waals surface area (Å²) in [6.45, 7) is -0.291. The van der Waals surface area contributed by atoms with E-state index in [1.54, 1.807) is 36.4 Å². The molecule has 0 aliphatic carbocycles. The van der Waals surface area contributed by atoms with E-state index in [0.717, 1.165) is 11.1 Å². The number of ether oxygens (including phenoxy) is 1. The molecular formula is C21H16BrClN2O3. The third-order valence-corrected chi connectivity index (χ3v) is 4.82. The van der Waals surface area contributed by atoms with Gasteiger partial charge in [0, 0.05) is 4.47 Å². The van der Waals surface area contributed by atoms with Crippen LogP contribution in [0.1, 0.15) is 10.4 Å². The van der Waals surface area contributed by atoms with Crippen molar-refractivity contribution in [3.05, 3.63) is 87.9 Å². The van der Waals surface area contributed by atoms with Crippen LogP contribution in [-0.2, 0) is 4.79 Å². The number of carbonyl (C=O) groups excluding carboxylic acids is 2. The maximum Gasteiger partial charge on any atom is 0.276 e. The highest BCUT2D eigenvalue weighted by Crippen LogP contribution is 2.30. The second kappa shape index (κ2) is 9.39. The van der Waals surface area contributed by atoms with Crippen LogP contribution in [0.15, 0.2) is 77.3 Å². The van der Waals surface area contributed by atoms with E-state index in [0.29, 0.717) is 20.8 Å². The van der Waals surface area contributed by atoms with Crippen LogP contribution in [0.2, 0.25) is 5.02 Å². The quantitative estimate of drug-likeness (QED) is 0.548. The highest BCUT2D eigenvalue weighted by atomic mass is 79.9. The third kappa shape index (κ3) is 5.12. The molecule has 0 spiro atoms. The van der Waals surface area contributed by atoms with Gasteiger partial charge in [0.15, 0.2) is 6.61 Å². The lowest BCUT2D eigenvalue weighted by atomic mass is 10.1. The Labute approximate surface area is 175 Å². The average molecular weight is 460 g/mol. The lowest BCUT2D eigenvalue weighted by Crippen LogP contribution is -2.43. The summed E-state index contributed by atoms with van der Waals surface area (Å²) in [5.41, 5.74) is 7.03. The molecule has 2 N–H and O–H groups in total. The summed E-state index contributed by atoms with van der Waals surface area (Å²) < 4.78 is 6.07. The standard InChI is InChI=1S/C21H16BrClN2O3/c22-17-9-5-4-8-16(17)21(27)25-24-20(26)13-28-19-11-10-15(12-18(19)23)14-6-2-1-3-7-14/h1-12H,13H2,(H,24,26)(H,25,27). The van der Waals surface area contributed by atoms with Crippen LogP contribution in [0, 0.1) is 0 Å². The lowest BCUT2D eigenvalue weighted by Gasteiger charge is -2.11. The molecule has 0 aromatic heterocycles. The van der Waals surface area contributed by atoms with Crippen molar-refractivity contribution in [3.8, 4) is 16.9 Å². The maximum atomic E-state index is 12.1. The van der Waals surface area contributed by atoms with Crippen molar-refractivity contribution in [1.29, 1.82) is 0 Å². The van der Waals surface area contributed by atoms with E-state index in [4.69, 9.17) is 16.3 Å². The normalized spacial score (nSPS) is 10.2. The number of benzene rings is 3. The Kier molecular flexibility index (Phi) is 6.68. The topological polar surface area (TPSA) is 67.4 Å². The average Bonchev–Trinajstić information content (AvgIpc) is 2.72. The fourth-order valence-electron chi connectivity index (χ4n) is 2.45. The summed E-state index contributed by atoms with van der Waals surface area (Å²) in [5, 5.41) is 0.395. The molecule has 5 nitrogen and oxygen atoms in total. The second-order valence-electron chi connectivity index (χ2n) is 5.78. The Morgan fingerprint density at radius 1 is 0.893 bits per heavy atom. The third-order valence-electron chi connectivity index (χ3n) is 3.83. The van der Waals surface area contributed by atoms with Gasteiger partial charge in [-0.15, -0.1) is 0 Å². The lowest BCUT2D eigenvalue weighted by molar-refractivity contribution is -0.123. The Morgan fingerprint density at radius 2 is 1.61 bits per heavy atom. The predicted octanol–water partition coefficient (Wildman–Crippen LogP) is 4.61. The minimum Gasteiger partial charge on any atom is -0.482 e. The highest BCUT2D eigenvalue weighted by Gasteiger charge is 2.11. The van der Waals surface area contributed by atoms with E-state index in [1.165, 1.54) is 0 Å². The molecule has 28 heavy (non-hydrogen) atoms. The van der Waals surface area contributed by atoms with Gasteiger partial charge in [-0.3, -0.25) is 20.4 Å². The molecule has 7 heteroatoms. The Hall–Kier alpha value is -2.83. The molecule has 142 valence electrons. The van der Waals surface area contributed by atoms with Crippen molar-refractivity contribution >= 4 is 39.3 Å². The van der Waals surface area contributed by atoms with E-state index >= 15 is 0 Å². The molecule has 3 rings (SSSR count). The molecule has 0 aliphatic heterocycles. The van der Waals surface area contributed by atoms with E-state index < -0.39 is 11.8 Å². The Balaban J connectivity index is 1.53. The first-order valence-electron chi connectivity index (χ1n) is 8.36. The minimum atomic E-state index is -0.511. The van der Waals surface area contributed by atoms with Gasteiger partial charge in [0.05, 0.1) is 10.6 Å².